The Kier molecular flexibility index (Phi) is 5.68. The van der Waals surface area contributed by atoms with E-state index in [4.69, 9.17) is 4.74 Å². The van der Waals surface area contributed by atoms with Gasteiger partial charge in [0.1, 0.15) is 11.3 Å². The second-order valence-electron chi connectivity index (χ2n) is 6.62. The van der Waals surface area contributed by atoms with Crippen molar-refractivity contribution in [2.75, 3.05) is 33.3 Å². The first-order valence-corrected chi connectivity index (χ1v) is 10.3. The highest BCUT2D eigenvalue weighted by Crippen LogP contribution is 2.31. The molecule has 9 nitrogen and oxygen atoms in total. The monoisotopic (exact) mass is 396 g/mol. The number of sulfonamides is 1. The van der Waals surface area contributed by atoms with Crippen LogP contribution in [0.1, 0.15) is 19.3 Å². The molecule has 3 amide bonds. The highest BCUT2D eigenvalue weighted by molar-refractivity contribution is 7.89. The van der Waals surface area contributed by atoms with Gasteiger partial charge >= 0.3 is 6.03 Å². The summed E-state index contributed by atoms with van der Waals surface area (Å²) >= 11 is 0. The molecule has 1 aromatic carbocycles. The van der Waals surface area contributed by atoms with Gasteiger partial charge in [-0.15, -0.1) is 0 Å². The Morgan fingerprint density at radius 3 is 2.48 bits per heavy atom. The van der Waals surface area contributed by atoms with Crippen molar-refractivity contribution in [3.63, 3.8) is 0 Å². The van der Waals surface area contributed by atoms with E-state index >= 15 is 0 Å². The van der Waals surface area contributed by atoms with E-state index in [1.807, 2.05) is 0 Å². The number of benzene rings is 1. The molecule has 0 aliphatic carbocycles. The van der Waals surface area contributed by atoms with Gasteiger partial charge < -0.3 is 15.0 Å². The largest absolute Gasteiger partial charge is 0.497 e. The third-order valence-corrected chi connectivity index (χ3v) is 6.53. The van der Waals surface area contributed by atoms with E-state index in [-0.39, 0.29) is 17.3 Å². The van der Waals surface area contributed by atoms with E-state index in [0.717, 1.165) is 0 Å². The van der Waals surface area contributed by atoms with Crippen molar-refractivity contribution < 1.29 is 22.7 Å². The summed E-state index contributed by atoms with van der Waals surface area (Å²) in [5, 5.41) is 5.58. The Morgan fingerprint density at radius 2 is 1.85 bits per heavy atom. The smallest absolute Gasteiger partial charge is 0.325 e. The number of imide groups is 1. The van der Waals surface area contributed by atoms with Crippen molar-refractivity contribution in [2.45, 2.75) is 29.7 Å². The summed E-state index contributed by atoms with van der Waals surface area (Å²) in [4.78, 5) is 26.1. The van der Waals surface area contributed by atoms with Gasteiger partial charge in [0.05, 0.1) is 12.0 Å². The van der Waals surface area contributed by atoms with Crippen LogP contribution in [0.2, 0.25) is 0 Å². The lowest BCUT2D eigenvalue weighted by molar-refractivity contribution is -0.127. The van der Waals surface area contributed by atoms with Crippen LogP contribution in [0, 0.1) is 0 Å². The first-order chi connectivity index (χ1) is 12.9. The summed E-state index contributed by atoms with van der Waals surface area (Å²) in [5.74, 6) is 0.318. The van der Waals surface area contributed by atoms with Crippen molar-refractivity contribution in [1.29, 1.82) is 0 Å². The minimum absolute atomic E-state index is 0.146. The van der Waals surface area contributed by atoms with Gasteiger partial charge in [-0.1, -0.05) is 0 Å². The maximum atomic E-state index is 12.3. The number of nitrogens with zero attached hydrogens (tertiary/aromatic N) is 1. The molecule has 2 heterocycles. The Bertz CT molecular complexity index is 803. The van der Waals surface area contributed by atoms with Crippen molar-refractivity contribution in [3.05, 3.63) is 24.3 Å². The van der Waals surface area contributed by atoms with Crippen molar-refractivity contribution in [3.8, 4) is 5.75 Å². The number of nitrogens with one attached hydrogen (secondary N) is 3. The summed E-state index contributed by atoms with van der Waals surface area (Å²) in [5.41, 5.74) is -0.808. The van der Waals surface area contributed by atoms with E-state index in [0.29, 0.717) is 44.6 Å². The van der Waals surface area contributed by atoms with E-state index in [9.17, 15) is 18.0 Å². The summed E-state index contributed by atoms with van der Waals surface area (Å²) in [6.07, 6.45) is 1.52. The molecular formula is C17H24N4O5S. The van der Waals surface area contributed by atoms with E-state index in [2.05, 4.69) is 15.4 Å². The summed E-state index contributed by atoms with van der Waals surface area (Å²) < 4.78 is 32.2. The molecule has 0 saturated carbocycles. The SMILES string of the molecule is COc1ccc(S(=O)(=O)NCCCN2C(=O)NC(=O)C23CCNCC3)cc1. The third-order valence-electron chi connectivity index (χ3n) is 5.06. The number of methoxy groups -OCH3 is 1. The van der Waals surface area contributed by atoms with Gasteiger partial charge in [0.25, 0.3) is 5.91 Å². The van der Waals surface area contributed by atoms with Gasteiger partial charge in [-0.2, -0.15) is 0 Å². The van der Waals surface area contributed by atoms with Crippen molar-refractivity contribution in [1.82, 2.24) is 20.3 Å². The Labute approximate surface area is 158 Å². The third kappa shape index (κ3) is 3.92. The predicted octanol–water partition coefficient (Wildman–Crippen LogP) is 0.0376. The average Bonchev–Trinajstić information content (AvgIpc) is 2.89. The van der Waals surface area contributed by atoms with Crippen LogP contribution in [-0.4, -0.2) is 64.1 Å². The average molecular weight is 396 g/mol. The Morgan fingerprint density at radius 1 is 1.19 bits per heavy atom. The molecule has 10 heteroatoms. The molecule has 3 N–H and O–H groups in total. The van der Waals surface area contributed by atoms with Crippen LogP contribution in [0.5, 0.6) is 5.75 Å². The molecule has 27 heavy (non-hydrogen) atoms. The number of ether oxygens (including phenoxy) is 1. The number of urea groups is 1. The maximum absolute atomic E-state index is 12.3. The number of piperidine rings is 1. The molecule has 0 radical (unpaired) electrons. The standard InChI is InChI=1S/C17H24N4O5S/c1-26-13-3-5-14(6-4-13)27(24,25)19-9-2-12-21-16(23)20-15(22)17(21)7-10-18-11-8-17/h3-6,18-19H,2,7-12H2,1H3,(H,20,22,23). The lowest BCUT2D eigenvalue weighted by atomic mass is 9.87. The fourth-order valence-electron chi connectivity index (χ4n) is 3.53. The van der Waals surface area contributed by atoms with E-state index in [1.165, 1.54) is 19.2 Å². The molecule has 1 spiro atoms. The van der Waals surface area contributed by atoms with Gasteiger partial charge in [-0.05, 0) is 56.6 Å². The zero-order valence-electron chi connectivity index (χ0n) is 15.2. The molecule has 2 saturated heterocycles. The zero-order valence-corrected chi connectivity index (χ0v) is 16.0. The molecule has 1 aromatic rings. The Hall–Kier alpha value is -2.17. The fourth-order valence-corrected chi connectivity index (χ4v) is 4.61. The second kappa shape index (κ2) is 7.83. The molecule has 0 unspecified atom stereocenters. The summed E-state index contributed by atoms with van der Waals surface area (Å²) in [7, 11) is -2.13. The molecule has 0 atom stereocenters. The summed E-state index contributed by atoms with van der Waals surface area (Å²) in [6, 6.07) is 5.70. The Balaban J connectivity index is 1.57. The van der Waals surface area contributed by atoms with Gasteiger partial charge in [-0.25, -0.2) is 17.9 Å². The van der Waals surface area contributed by atoms with Crippen LogP contribution in [0.25, 0.3) is 0 Å². The van der Waals surface area contributed by atoms with E-state index < -0.39 is 21.6 Å². The van der Waals surface area contributed by atoms with Gasteiger partial charge in [0.2, 0.25) is 10.0 Å². The molecule has 2 fully saturated rings. The van der Waals surface area contributed by atoms with E-state index in [1.54, 1.807) is 17.0 Å². The van der Waals surface area contributed by atoms with Crippen LogP contribution in [0.3, 0.4) is 0 Å². The molecule has 2 aliphatic rings. The zero-order chi connectivity index (χ0) is 19.5. The van der Waals surface area contributed by atoms with Crippen molar-refractivity contribution >= 4 is 22.0 Å². The number of amides is 3. The number of hydrogen-bond donors (Lipinski definition) is 3. The van der Waals surface area contributed by atoms with Gasteiger partial charge in [0.15, 0.2) is 0 Å². The predicted molar refractivity (Wildman–Crippen MR) is 97.9 cm³/mol. The quantitative estimate of drug-likeness (QED) is 0.443. The lowest BCUT2D eigenvalue weighted by Gasteiger charge is -2.38. The first kappa shape index (κ1) is 19.6. The van der Waals surface area contributed by atoms with Crippen LogP contribution < -0.4 is 20.1 Å². The molecule has 2 aliphatic heterocycles. The highest BCUT2D eigenvalue weighted by Gasteiger charge is 2.52. The molecule has 0 aromatic heterocycles. The van der Waals surface area contributed by atoms with Crippen LogP contribution in [0.4, 0.5) is 4.79 Å². The first-order valence-electron chi connectivity index (χ1n) is 8.86. The maximum Gasteiger partial charge on any atom is 0.325 e. The highest BCUT2D eigenvalue weighted by atomic mass is 32.2. The summed E-state index contributed by atoms with van der Waals surface area (Å²) in [6.45, 7) is 1.81. The minimum Gasteiger partial charge on any atom is -0.497 e. The van der Waals surface area contributed by atoms with Crippen LogP contribution in [0.15, 0.2) is 29.2 Å². The number of carbonyl (C=O) groups excluding carboxylic acids is 2. The van der Waals surface area contributed by atoms with Crippen LogP contribution in [-0.2, 0) is 14.8 Å². The topological polar surface area (TPSA) is 117 Å². The normalized spacial score (nSPS) is 19.4. The number of carbonyl (C=O) groups is 2. The number of rotatable bonds is 7. The number of hydrogen-bond acceptors (Lipinski definition) is 6. The molecule has 148 valence electrons. The minimum atomic E-state index is -3.64. The molecular weight excluding hydrogens is 372 g/mol. The second-order valence-corrected chi connectivity index (χ2v) is 8.39. The lowest BCUT2D eigenvalue weighted by Crippen LogP contribution is -2.56. The molecule has 0 bridgehead atoms. The molecule has 3 rings (SSSR count). The fraction of sp³-hybridized carbons (Fsp3) is 0.529. The van der Waals surface area contributed by atoms with Crippen LogP contribution >= 0.6 is 0 Å². The van der Waals surface area contributed by atoms with Gasteiger partial charge in [-0.3, -0.25) is 10.1 Å². The van der Waals surface area contributed by atoms with Gasteiger partial charge in [0, 0.05) is 13.1 Å². The van der Waals surface area contributed by atoms with Crippen molar-refractivity contribution in [2.24, 2.45) is 0 Å².